The summed E-state index contributed by atoms with van der Waals surface area (Å²) in [6.07, 6.45) is 3.60. The van der Waals surface area contributed by atoms with E-state index in [-0.39, 0.29) is 0 Å². The van der Waals surface area contributed by atoms with Crippen molar-refractivity contribution in [3.63, 3.8) is 0 Å². The Bertz CT molecular complexity index is 758. The number of fused-ring (bicyclic) bond motifs is 1. The van der Waals surface area contributed by atoms with Gasteiger partial charge in [0.05, 0.1) is 0 Å². The van der Waals surface area contributed by atoms with Crippen molar-refractivity contribution in [3.8, 4) is 0 Å². The Hall–Kier alpha value is -1.71. The maximum absolute atomic E-state index is 6.19. The molecule has 3 aromatic rings. The van der Waals surface area contributed by atoms with Gasteiger partial charge in [0.1, 0.15) is 0 Å². The van der Waals surface area contributed by atoms with Crippen LogP contribution in [0.3, 0.4) is 0 Å². The van der Waals surface area contributed by atoms with E-state index in [1.54, 1.807) is 18.0 Å². The summed E-state index contributed by atoms with van der Waals surface area (Å²) in [7, 11) is 0. The molecule has 0 unspecified atom stereocenters. The average Bonchev–Trinajstić information content (AvgIpc) is 2.48. The van der Waals surface area contributed by atoms with Crippen molar-refractivity contribution in [1.82, 2.24) is 4.98 Å². The molecule has 20 heavy (non-hydrogen) atoms. The van der Waals surface area contributed by atoms with Crippen molar-refractivity contribution in [2.45, 2.75) is 10.6 Å². The van der Waals surface area contributed by atoms with Crippen LogP contribution in [-0.2, 0) is 5.75 Å². The van der Waals surface area contributed by atoms with E-state index in [2.05, 4.69) is 17.1 Å². The van der Waals surface area contributed by atoms with Gasteiger partial charge in [0.25, 0.3) is 0 Å². The molecule has 0 fully saturated rings. The topological polar surface area (TPSA) is 38.9 Å². The summed E-state index contributed by atoms with van der Waals surface area (Å²) in [5, 5.41) is 2.94. The zero-order chi connectivity index (χ0) is 13.9. The fourth-order valence-corrected chi connectivity index (χ4v) is 3.42. The van der Waals surface area contributed by atoms with E-state index < -0.39 is 0 Å². The summed E-state index contributed by atoms with van der Waals surface area (Å²) in [5.41, 5.74) is 7.88. The van der Waals surface area contributed by atoms with Crippen molar-refractivity contribution in [1.29, 1.82) is 0 Å². The second kappa shape index (κ2) is 5.73. The van der Waals surface area contributed by atoms with Gasteiger partial charge in [-0.25, -0.2) is 0 Å². The molecule has 0 spiro atoms. The SMILES string of the molecule is Nc1ccc(SCc2ccccc2Cl)c2ccncc12. The third-order valence-corrected chi connectivity index (χ3v) is 4.64. The number of nitrogen functional groups attached to an aromatic ring is 1. The fourth-order valence-electron chi connectivity index (χ4n) is 2.08. The molecule has 2 nitrogen and oxygen atoms in total. The summed E-state index contributed by atoms with van der Waals surface area (Å²) in [6, 6.07) is 13.9. The monoisotopic (exact) mass is 300 g/mol. The molecule has 0 amide bonds. The molecule has 2 aromatic carbocycles. The molecule has 4 heteroatoms. The van der Waals surface area contributed by atoms with Crippen LogP contribution in [0.25, 0.3) is 10.8 Å². The molecule has 0 atom stereocenters. The van der Waals surface area contributed by atoms with Crippen molar-refractivity contribution >= 4 is 39.8 Å². The minimum absolute atomic E-state index is 0.759. The number of aromatic nitrogens is 1. The van der Waals surface area contributed by atoms with Gasteiger partial charge in [-0.05, 0) is 29.8 Å². The Morgan fingerprint density at radius 1 is 1.05 bits per heavy atom. The molecule has 0 saturated carbocycles. The number of pyridine rings is 1. The van der Waals surface area contributed by atoms with Crippen molar-refractivity contribution in [2.24, 2.45) is 0 Å². The number of hydrogen-bond donors (Lipinski definition) is 1. The number of thioether (sulfide) groups is 1. The van der Waals surface area contributed by atoms with Crippen LogP contribution in [0.15, 0.2) is 59.8 Å². The molecule has 0 aliphatic rings. The minimum Gasteiger partial charge on any atom is -0.398 e. The van der Waals surface area contributed by atoms with Gasteiger partial charge in [-0.2, -0.15) is 0 Å². The molecule has 0 aliphatic carbocycles. The van der Waals surface area contributed by atoms with E-state index in [4.69, 9.17) is 17.3 Å². The van der Waals surface area contributed by atoms with Gasteiger partial charge in [-0.1, -0.05) is 29.8 Å². The third kappa shape index (κ3) is 2.60. The zero-order valence-corrected chi connectivity index (χ0v) is 12.3. The quantitative estimate of drug-likeness (QED) is 0.560. The Morgan fingerprint density at radius 3 is 2.75 bits per heavy atom. The molecule has 1 heterocycles. The molecule has 1 aromatic heterocycles. The lowest BCUT2D eigenvalue weighted by Crippen LogP contribution is -1.89. The van der Waals surface area contributed by atoms with Gasteiger partial charge in [-0.3, -0.25) is 4.98 Å². The van der Waals surface area contributed by atoms with Gasteiger partial charge in [0.2, 0.25) is 0 Å². The predicted molar refractivity (Wildman–Crippen MR) is 87.2 cm³/mol. The molecule has 2 N–H and O–H groups in total. The second-order valence-corrected chi connectivity index (χ2v) is 5.88. The van der Waals surface area contributed by atoms with E-state index in [1.165, 1.54) is 4.90 Å². The number of halogens is 1. The minimum atomic E-state index is 0.759. The number of anilines is 1. The lowest BCUT2D eigenvalue weighted by Gasteiger charge is -2.09. The molecule has 3 rings (SSSR count). The van der Waals surface area contributed by atoms with Crippen molar-refractivity contribution < 1.29 is 0 Å². The van der Waals surface area contributed by atoms with Gasteiger partial charge in [0, 0.05) is 44.5 Å². The van der Waals surface area contributed by atoms with Gasteiger partial charge in [0.15, 0.2) is 0 Å². The summed E-state index contributed by atoms with van der Waals surface area (Å²) in [5.74, 6) is 0.834. The average molecular weight is 301 g/mol. The fraction of sp³-hybridized carbons (Fsp3) is 0.0625. The van der Waals surface area contributed by atoms with E-state index in [0.29, 0.717) is 0 Å². The van der Waals surface area contributed by atoms with E-state index in [9.17, 15) is 0 Å². The van der Waals surface area contributed by atoms with Crippen LogP contribution in [0.4, 0.5) is 5.69 Å². The van der Waals surface area contributed by atoms with Gasteiger partial charge >= 0.3 is 0 Å². The Kier molecular flexibility index (Phi) is 3.81. The summed E-state index contributed by atoms with van der Waals surface area (Å²) >= 11 is 7.95. The highest BCUT2D eigenvalue weighted by Crippen LogP contribution is 2.33. The first kappa shape index (κ1) is 13.3. The van der Waals surface area contributed by atoms with E-state index in [1.807, 2.05) is 36.5 Å². The number of rotatable bonds is 3. The highest BCUT2D eigenvalue weighted by molar-refractivity contribution is 7.98. The molecule has 0 aliphatic heterocycles. The second-order valence-electron chi connectivity index (χ2n) is 4.45. The standard InChI is InChI=1S/C16H13ClN2S/c17-14-4-2-1-3-11(14)10-20-16-6-5-15(18)13-9-19-8-7-12(13)16/h1-9H,10,18H2. The van der Waals surface area contributed by atoms with Crippen LogP contribution < -0.4 is 5.73 Å². The Morgan fingerprint density at radius 2 is 1.90 bits per heavy atom. The predicted octanol–water partition coefficient (Wildman–Crippen LogP) is 4.76. The highest BCUT2D eigenvalue weighted by atomic mass is 35.5. The number of benzene rings is 2. The number of nitrogens with two attached hydrogens (primary N) is 1. The van der Waals surface area contributed by atoms with Gasteiger partial charge < -0.3 is 5.73 Å². The van der Waals surface area contributed by atoms with Crippen LogP contribution in [0.2, 0.25) is 5.02 Å². The van der Waals surface area contributed by atoms with Crippen molar-refractivity contribution in [3.05, 3.63) is 65.4 Å². The molecule has 0 saturated heterocycles. The van der Waals surface area contributed by atoms with E-state index >= 15 is 0 Å². The summed E-state index contributed by atoms with van der Waals surface area (Å²) in [6.45, 7) is 0. The first-order chi connectivity index (χ1) is 9.75. The lowest BCUT2D eigenvalue weighted by molar-refractivity contribution is 1.35. The summed E-state index contributed by atoms with van der Waals surface area (Å²) in [4.78, 5) is 5.33. The van der Waals surface area contributed by atoms with Crippen LogP contribution in [-0.4, -0.2) is 4.98 Å². The number of nitrogens with zero attached hydrogens (tertiary/aromatic N) is 1. The van der Waals surface area contributed by atoms with E-state index in [0.717, 1.165) is 32.8 Å². The summed E-state index contributed by atoms with van der Waals surface area (Å²) < 4.78 is 0. The highest BCUT2D eigenvalue weighted by Gasteiger charge is 2.06. The molecular formula is C16H13ClN2S. The molecule has 100 valence electrons. The maximum Gasteiger partial charge on any atom is 0.0446 e. The zero-order valence-electron chi connectivity index (χ0n) is 10.7. The van der Waals surface area contributed by atoms with Crippen molar-refractivity contribution in [2.75, 3.05) is 5.73 Å². The van der Waals surface area contributed by atoms with Crippen LogP contribution in [0.1, 0.15) is 5.56 Å². The first-order valence-electron chi connectivity index (χ1n) is 6.24. The largest absolute Gasteiger partial charge is 0.398 e. The Balaban J connectivity index is 1.92. The molecule has 0 bridgehead atoms. The van der Waals surface area contributed by atoms with Crippen LogP contribution >= 0.6 is 23.4 Å². The smallest absolute Gasteiger partial charge is 0.0446 e. The molecular weight excluding hydrogens is 288 g/mol. The lowest BCUT2D eigenvalue weighted by atomic mass is 10.1. The maximum atomic E-state index is 6.19. The normalized spacial score (nSPS) is 10.8. The molecule has 0 radical (unpaired) electrons. The van der Waals surface area contributed by atoms with Crippen LogP contribution in [0, 0.1) is 0 Å². The number of hydrogen-bond acceptors (Lipinski definition) is 3. The van der Waals surface area contributed by atoms with Crippen LogP contribution in [0.5, 0.6) is 0 Å². The third-order valence-electron chi connectivity index (χ3n) is 3.15. The Labute approximate surface area is 127 Å². The van der Waals surface area contributed by atoms with Gasteiger partial charge in [-0.15, -0.1) is 11.8 Å². The first-order valence-corrected chi connectivity index (χ1v) is 7.60.